The van der Waals surface area contributed by atoms with Gasteiger partial charge in [0.1, 0.15) is 0 Å². The van der Waals surface area contributed by atoms with E-state index in [-0.39, 0.29) is 0 Å². The lowest BCUT2D eigenvalue weighted by Gasteiger charge is -2.07. The summed E-state index contributed by atoms with van der Waals surface area (Å²) >= 11 is 0. The molecule has 0 aromatic heterocycles. The average Bonchev–Trinajstić information content (AvgIpc) is 2.05. The normalized spacial score (nSPS) is 21.8. The van der Waals surface area contributed by atoms with Crippen LogP contribution in [0.5, 0.6) is 0 Å². The summed E-state index contributed by atoms with van der Waals surface area (Å²) in [5.74, 6) is -1.49. The van der Waals surface area contributed by atoms with Crippen LogP contribution in [0.25, 0.3) is 0 Å². The van der Waals surface area contributed by atoms with E-state index in [2.05, 4.69) is 0 Å². The molecule has 0 bridgehead atoms. The molecule has 0 heterocycles. The predicted molar refractivity (Wildman–Crippen MR) is 37.5 cm³/mol. The molecule has 1 rings (SSSR count). The highest BCUT2D eigenvalue weighted by atomic mass is 16.4. The van der Waals surface area contributed by atoms with Crippen LogP contribution in [0.2, 0.25) is 0 Å². The smallest absolute Gasteiger partial charge is 0.314 e. The van der Waals surface area contributed by atoms with E-state index in [1.54, 1.807) is 0 Å². The maximum Gasteiger partial charge on any atom is 0.314 e. The Labute approximate surface area is 64.0 Å². The Morgan fingerprint density at radius 1 is 1.55 bits per heavy atom. The summed E-state index contributed by atoms with van der Waals surface area (Å²) in [6.07, 6.45) is 6.65. The summed E-state index contributed by atoms with van der Waals surface area (Å²) < 4.78 is 0. The molecule has 11 heavy (non-hydrogen) atoms. The van der Waals surface area contributed by atoms with Crippen LogP contribution in [0.3, 0.4) is 0 Å². The Balaban J connectivity index is 2.72. The van der Waals surface area contributed by atoms with Crippen molar-refractivity contribution in [3.8, 4) is 0 Å². The quantitative estimate of drug-likeness (QED) is 0.539. The van der Waals surface area contributed by atoms with E-state index < -0.39 is 11.9 Å². The number of aliphatic carboxylic acids is 1. The van der Waals surface area contributed by atoms with E-state index in [9.17, 15) is 9.90 Å². The van der Waals surface area contributed by atoms with E-state index in [1.807, 2.05) is 0 Å². The van der Waals surface area contributed by atoms with Gasteiger partial charge in [-0.05, 0) is 5.57 Å². The first-order valence-corrected chi connectivity index (χ1v) is 3.15. The van der Waals surface area contributed by atoms with Crippen LogP contribution < -0.4 is 5.11 Å². The summed E-state index contributed by atoms with van der Waals surface area (Å²) in [6, 6.07) is 0. The molecular weight excluding hydrogens is 144 g/mol. The molecule has 0 aromatic carbocycles. The molecule has 0 unspecified atom stereocenters. The van der Waals surface area contributed by atoms with E-state index in [1.165, 1.54) is 24.3 Å². The van der Waals surface area contributed by atoms with Crippen molar-refractivity contribution in [2.24, 2.45) is 5.92 Å². The van der Waals surface area contributed by atoms with Crippen molar-refractivity contribution >= 4 is 5.97 Å². The van der Waals surface area contributed by atoms with E-state index >= 15 is 0 Å². The lowest BCUT2D eigenvalue weighted by atomic mass is 10.0. The zero-order valence-electron chi connectivity index (χ0n) is 5.73. The van der Waals surface area contributed by atoms with Crippen LogP contribution in [0.15, 0.2) is 36.1 Å². The number of carboxylic acid groups (broad SMARTS) is 1. The standard InChI is InChI=1S/C8H8O3/c9-5-6-1-3-7(4-2-6)8(10)11/h1-5,7,9H,(H,10,11)/p-1. The molecule has 0 fully saturated rings. The van der Waals surface area contributed by atoms with Gasteiger partial charge in [0.15, 0.2) is 0 Å². The SMILES string of the molecule is O=C(O)C1C=CC(=C[O-])C=C1. The minimum absolute atomic E-state index is 0.502. The van der Waals surface area contributed by atoms with Crippen molar-refractivity contribution in [3.63, 3.8) is 0 Å². The molecule has 0 saturated carbocycles. The van der Waals surface area contributed by atoms with E-state index in [4.69, 9.17) is 5.11 Å². The third kappa shape index (κ3) is 1.70. The Morgan fingerprint density at radius 3 is 2.45 bits per heavy atom. The molecule has 3 heteroatoms. The first-order valence-electron chi connectivity index (χ1n) is 3.15. The predicted octanol–water partition coefficient (Wildman–Crippen LogP) is 0.0574. The van der Waals surface area contributed by atoms with Crippen LogP contribution in [-0.2, 0) is 4.79 Å². The summed E-state index contributed by atoms with van der Waals surface area (Å²) in [5, 5.41) is 18.6. The van der Waals surface area contributed by atoms with Gasteiger partial charge < -0.3 is 10.2 Å². The Hall–Kier alpha value is -1.51. The molecule has 0 saturated heterocycles. The number of hydrogen-bond donors (Lipinski definition) is 1. The molecule has 0 spiro atoms. The fourth-order valence-corrected chi connectivity index (χ4v) is 0.792. The number of rotatable bonds is 1. The van der Waals surface area contributed by atoms with Crippen LogP contribution in [0.4, 0.5) is 0 Å². The third-order valence-corrected chi connectivity index (χ3v) is 1.41. The van der Waals surface area contributed by atoms with E-state index in [0.29, 0.717) is 11.8 Å². The molecular formula is C8H7O3-. The second kappa shape index (κ2) is 3.05. The number of carbonyl (C=O) groups is 1. The minimum atomic E-state index is -0.901. The van der Waals surface area contributed by atoms with Crippen molar-refractivity contribution in [2.45, 2.75) is 0 Å². The molecule has 1 aliphatic carbocycles. The Bertz CT molecular complexity index is 232. The zero-order chi connectivity index (χ0) is 8.27. The van der Waals surface area contributed by atoms with Crippen molar-refractivity contribution in [3.05, 3.63) is 36.1 Å². The minimum Gasteiger partial charge on any atom is -0.877 e. The monoisotopic (exact) mass is 151 g/mol. The number of hydrogen-bond acceptors (Lipinski definition) is 2. The molecule has 1 aliphatic rings. The topological polar surface area (TPSA) is 60.4 Å². The summed E-state index contributed by atoms with van der Waals surface area (Å²) in [6.45, 7) is 0. The highest BCUT2D eigenvalue weighted by Crippen LogP contribution is 2.12. The highest BCUT2D eigenvalue weighted by molar-refractivity contribution is 5.75. The van der Waals surface area contributed by atoms with Gasteiger partial charge in [0.05, 0.1) is 5.92 Å². The van der Waals surface area contributed by atoms with Crippen LogP contribution in [-0.4, -0.2) is 11.1 Å². The lowest BCUT2D eigenvalue weighted by Crippen LogP contribution is -2.09. The van der Waals surface area contributed by atoms with Gasteiger partial charge in [-0.2, -0.15) is 0 Å². The molecule has 0 amide bonds. The van der Waals surface area contributed by atoms with Gasteiger partial charge in [0, 0.05) is 0 Å². The second-order valence-corrected chi connectivity index (χ2v) is 2.20. The Morgan fingerprint density at radius 2 is 2.09 bits per heavy atom. The first-order chi connectivity index (χ1) is 5.24. The zero-order valence-corrected chi connectivity index (χ0v) is 5.73. The number of allylic oxidation sites excluding steroid dienone is 3. The van der Waals surface area contributed by atoms with Crippen molar-refractivity contribution < 1.29 is 15.0 Å². The Kier molecular flexibility index (Phi) is 2.11. The van der Waals surface area contributed by atoms with Gasteiger partial charge in [0.25, 0.3) is 0 Å². The number of carboxylic acids is 1. The largest absolute Gasteiger partial charge is 0.877 e. The van der Waals surface area contributed by atoms with Gasteiger partial charge in [0.2, 0.25) is 0 Å². The highest BCUT2D eigenvalue weighted by Gasteiger charge is 2.11. The summed E-state index contributed by atoms with van der Waals surface area (Å²) in [4.78, 5) is 10.3. The van der Waals surface area contributed by atoms with Gasteiger partial charge in [-0.3, -0.25) is 4.79 Å². The molecule has 1 N–H and O–H groups in total. The molecule has 0 aliphatic heterocycles. The van der Waals surface area contributed by atoms with E-state index in [0.717, 1.165) is 0 Å². The van der Waals surface area contributed by atoms with Gasteiger partial charge in [-0.15, -0.1) is 6.26 Å². The maximum atomic E-state index is 10.3. The maximum absolute atomic E-state index is 10.3. The summed E-state index contributed by atoms with van der Waals surface area (Å²) in [5.41, 5.74) is 0.502. The second-order valence-electron chi connectivity index (χ2n) is 2.20. The molecule has 58 valence electrons. The molecule has 0 radical (unpaired) electrons. The molecule has 0 aromatic rings. The van der Waals surface area contributed by atoms with Gasteiger partial charge >= 0.3 is 5.97 Å². The van der Waals surface area contributed by atoms with Crippen molar-refractivity contribution in [1.82, 2.24) is 0 Å². The van der Waals surface area contributed by atoms with Gasteiger partial charge in [-0.25, -0.2) is 0 Å². The van der Waals surface area contributed by atoms with Crippen LogP contribution in [0.1, 0.15) is 0 Å². The fraction of sp³-hybridized carbons (Fsp3) is 0.125. The third-order valence-electron chi connectivity index (χ3n) is 1.41. The van der Waals surface area contributed by atoms with Gasteiger partial charge in [-0.1, -0.05) is 24.3 Å². The fourth-order valence-electron chi connectivity index (χ4n) is 0.792. The van der Waals surface area contributed by atoms with Crippen LogP contribution >= 0.6 is 0 Å². The summed E-state index contributed by atoms with van der Waals surface area (Å²) in [7, 11) is 0. The molecule has 3 nitrogen and oxygen atoms in total. The lowest BCUT2D eigenvalue weighted by molar-refractivity contribution is -0.275. The first kappa shape index (κ1) is 7.60. The van der Waals surface area contributed by atoms with Crippen molar-refractivity contribution in [1.29, 1.82) is 0 Å². The van der Waals surface area contributed by atoms with Crippen LogP contribution in [0, 0.1) is 5.92 Å². The van der Waals surface area contributed by atoms with Crippen molar-refractivity contribution in [2.75, 3.05) is 0 Å². The molecule has 0 atom stereocenters. The average molecular weight is 151 g/mol.